The van der Waals surface area contributed by atoms with Crippen molar-refractivity contribution in [3.05, 3.63) is 50.7 Å². The minimum Gasteiger partial charge on any atom is -0.490 e. The molecule has 3 N–H and O–H groups in total. The van der Waals surface area contributed by atoms with E-state index < -0.39 is 17.0 Å². The second-order valence-electron chi connectivity index (χ2n) is 5.24. The second-order valence-corrected chi connectivity index (χ2v) is 5.24. The lowest BCUT2D eigenvalue weighted by molar-refractivity contribution is 0.0995. The van der Waals surface area contributed by atoms with Crippen LogP contribution in [0.4, 0.5) is 11.5 Å². The maximum Gasteiger partial charge on any atom is 0.329 e. The summed E-state index contributed by atoms with van der Waals surface area (Å²) < 4.78 is 6.58. The topological polar surface area (TPSA) is 110 Å². The number of nitrogens with one attached hydrogen (secondary N) is 1. The number of aromatic nitrogens is 2. The maximum absolute atomic E-state index is 12.5. The number of H-pyrrole nitrogens is 1. The number of ether oxygens (including phenoxy) is 1. The number of anilines is 2. The number of ketones is 1. The highest BCUT2D eigenvalue weighted by molar-refractivity contribution is 6.02. The maximum atomic E-state index is 12.5. The largest absolute Gasteiger partial charge is 0.490 e. The van der Waals surface area contributed by atoms with Crippen molar-refractivity contribution in [3.63, 3.8) is 0 Å². The standard InChI is InChI=1S/C15H16N4O4/c1-18-13(16)12(14(21)17-15(18)22)10(20)8-19-6-7-23-11-5-3-2-4-9(11)19/h2-5H,6-8,16H2,1H3,(H,17,21,22). The summed E-state index contributed by atoms with van der Waals surface area (Å²) in [5.41, 5.74) is 4.93. The number of benzene rings is 1. The van der Waals surface area contributed by atoms with Gasteiger partial charge in [0, 0.05) is 7.05 Å². The predicted molar refractivity (Wildman–Crippen MR) is 85.2 cm³/mol. The summed E-state index contributed by atoms with van der Waals surface area (Å²) in [7, 11) is 1.40. The molecule has 120 valence electrons. The molecule has 3 rings (SSSR count). The Kier molecular flexibility index (Phi) is 3.65. The zero-order chi connectivity index (χ0) is 16.6. The van der Waals surface area contributed by atoms with Crippen LogP contribution in [0, 0.1) is 0 Å². The molecule has 1 aromatic heterocycles. The number of carbonyl (C=O) groups is 1. The van der Waals surface area contributed by atoms with Gasteiger partial charge in [0.2, 0.25) is 0 Å². The van der Waals surface area contributed by atoms with Crippen LogP contribution in [-0.2, 0) is 7.05 Å². The molecule has 1 aromatic carbocycles. The fourth-order valence-electron chi connectivity index (χ4n) is 2.55. The van der Waals surface area contributed by atoms with E-state index in [2.05, 4.69) is 4.98 Å². The third-order valence-electron chi connectivity index (χ3n) is 3.81. The fraction of sp³-hybridized carbons (Fsp3) is 0.267. The Balaban J connectivity index is 1.94. The Hall–Kier alpha value is -3.03. The Morgan fingerprint density at radius 2 is 2.09 bits per heavy atom. The van der Waals surface area contributed by atoms with Crippen LogP contribution in [0.1, 0.15) is 10.4 Å². The van der Waals surface area contributed by atoms with E-state index in [1.165, 1.54) is 7.05 Å². The minimum atomic E-state index is -0.767. The lowest BCUT2D eigenvalue weighted by Crippen LogP contribution is -2.40. The van der Waals surface area contributed by atoms with Crippen LogP contribution in [0.25, 0.3) is 0 Å². The first-order chi connectivity index (χ1) is 11.0. The molecule has 2 heterocycles. The number of para-hydroxylation sites is 2. The van der Waals surface area contributed by atoms with Crippen LogP contribution in [0.5, 0.6) is 5.75 Å². The third kappa shape index (κ3) is 2.59. The molecule has 0 fully saturated rings. The van der Waals surface area contributed by atoms with Crippen molar-refractivity contribution in [3.8, 4) is 5.75 Å². The fourth-order valence-corrected chi connectivity index (χ4v) is 2.55. The van der Waals surface area contributed by atoms with Gasteiger partial charge in [-0.3, -0.25) is 19.1 Å². The third-order valence-corrected chi connectivity index (χ3v) is 3.81. The zero-order valence-electron chi connectivity index (χ0n) is 12.5. The number of fused-ring (bicyclic) bond motifs is 1. The minimum absolute atomic E-state index is 0.0220. The average molecular weight is 316 g/mol. The number of hydrogen-bond acceptors (Lipinski definition) is 6. The van der Waals surface area contributed by atoms with Gasteiger partial charge < -0.3 is 15.4 Å². The van der Waals surface area contributed by atoms with E-state index >= 15 is 0 Å². The number of nitrogen functional groups attached to an aromatic ring is 1. The molecular weight excluding hydrogens is 300 g/mol. The van der Waals surface area contributed by atoms with Gasteiger partial charge >= 0.3 is 5.69 Å². The van der Waals surface area contributed by atoms with Crippen molar-refractivity contribution in [1.82, 2.24) is 9.55 Å². The molecule has 8 heteroatoms. The molecule has 0 spiro atoms. The predicted octanol–water partition coefficient (Wildman–Crippen LogP) is -0.262. The number of nitrogens with two attached hydrogens (primary N) is 1. The summed E-state index contributed by atoms with van der Waals surface area (Å²) in [6.07, 6.45) is 0. The van der Waals surface area contributed by atoms with Crippen molar-refractivity contribution in [2.75, 3.05) is 30.3 Å². The van der Waals surface area contributed by atoms with E-state index in [1.54, 1.807) is 0 Å². The Morgan fingerprint density at radius 1 is 1.35 bits per heavy atom. The van der Waals surface area contributed by atoms with Crippen LogP contribution in [0.3, 0.4) is 0 Å². The molecule has 0 radical (unpaired) electrons. The van der Waals surface area contributed by atoms with Crippen molar-refractivity contribution in [2.45, 2.75) is 0 Å². The van der Waals surface area contributed by atoms with E-state index in [0.717, 1.165) is 10.3 Å². The van der Waals surface area contributed by atoms with Gasteiger partial charge in [-0.15, -0.1) is 0 Å². The van der Waals surface area contributed by atoms with Crippen LogP contribution in [0.2, 0.25) is 0 Å². The number of rotatable bonds is 3. The van der Waals surface area contributed by atoms with Gasteiger partial charge in [0.05, 0.1) is 18.8 Å². The van der Waals surface area contributed by atoms with E-state index in [0.29, 0.717) is 18.9 Å². The van der Waals surface area contributed by atoms with E-state index in [4.69, 9.17) is 10.5 Å². The van der Waals surface area contributed by atoms with E-state index in [9.17, 15) is 14.4 Å². The molecule has 1 aliphatic rings. The van der Waals surface area contributed by atoms with E-state index in [-0.39, 0.29) is 17.9 Å². The monoisotopic (exact) mass is 316 g/mol. The highest BCUT2D eigenvalue weighted by atomic mass is 16.5. The average Bonchev–Trinajstić information content (AvgIpc) is 2.53. The lowest BCUT2D eigenvalue weighted by Gasteiger charge is -2.30. The van der Waals surface area contributed by atoms with Gasteiger partial charge in [-0.1, -0.05) is 12.1 Å². The molecule has 23 heavy (non-hydrogen) atoms. The van der Waals surface area contributed by atoms with Gasteiger partial charge in [0.1, 0.15) is 23.7 Å². The quantitative estimate of drug-likeness (QED) is 0.755. The molecule has 0 amide bonds. The molecule has 0 bridgehead atoms. The molecule has 0 aliphatic carbocycles. The Labute approximate surface area is 131 Å². The molecular formula is C15H16N4O4. The molecule has 0 saturated carbocycles. The summed E-state index contributed by atoms with van der Waals surface area (Å²) in [6.45, 7) is 0.946. The van der Waals surface area contributed by atoms with Crippen molar-refractivity contribution >= 4 is 17.3 Å². The first-order valence-electron chi connectivity index (χ1n) is 7.08. The van der Waals surface area contributed by atoms with Crippen LogP contribution in [-0.4, -0.2) is 35.0 Å². The highest BCUT2D eigenvalue weighted by Crippen LogP contribution is 2.30. The molecule has 1 aliphatic heterocycles. The summed E-state index contributed by atoms with van der Waals surface area (Å²) in [5, 5.41) is 0. The van der Waals surface area contributed by atoms with Crippen LogP contribution in [0.15, 0.2) is 33.9 Å². The van der Waals surface area contributed by atoms with Crippen molar-refractivity contribution < 1.29 is 9.53 Å². The van der Waals surface area contributed by atoms with Gasteiger partial charge in [-0.2, -0.15) is 0 Å². The van der Waals surface area contributed by atoms with Crippen molar-refractivity contribution in [2.24, 2.45) is 7.05 Å². The molecule has 0 saturated heterocycles. The highest BCUT2D eigenvalue weighted by Gasteiger charge is 2.24. The zero-order valence-corrected chi connectivity index (χ0v) is 12.5. The number of nitrogens with zero attached hydrogens (tertiary/aromatic N) is 2. The van der Waals surface area contributed by atoms with E-state index in [1.807, 2.05) is 29.2 Å². The molecule has 8 nitrogen and oxygen atoms in total. The van der Waals surface area contributed by atoms with Gasteiger partial charge in [-0.25, -0.2) is 4.79 Å². The number of carbonyl (C=O) groups excluding carboxylic acids is 1. The van der Waals surface area contributed by atoms with Gasteiger partial charge in [0.15, 0.2) is 5.78 Å². The number of aromatic amines is 1. The van der Waals surface area contributed by atoms with Crippen molar-refractivity contribution in [1.29, 1.82) is 0 Å². The first-order valence-corrected chi connectivity index (χ1v) is 7.08. The molecule has 0 unspecified atom stereocenters. The van der Waals surface area contributed by atoms with Crippen LogP contribution < -0.4 is 26.6 Å². The smallest absolute Gasteiger partial charge is 0.329 e. The second kappa shape index (κ2) is 5.64. The SMILES string of the molecule is Cn1c(N)c(C(=O)CN2CCOc3ccccc32)c(=O)[nH]c1=O. The number of Topliss-reactive ketones (excluding diaryl/α,β-unsaturated/α-hetero) is 1. The Morgan fingerprint density at radius 3 is 2.87 bits per heavy atom. The van der Waals surface area contributed by atoms with Gasteiger partial charge in [0.25, 0.3) is 5.56 Å². The molecule has 0 atom stereocenters. The number of hydrogen-bond donors (Lipinski definition) is 2. The first kappa shape index (κ1) is 14.9. The Bertz CT molecular complexity index is 884. The molecule has 2 aromatic rings. The summed E-state index contributed by atoms with van der Waals surface area (Å²) in [6, 6.07) is 7.35. The summed E-state index contributed by atoms with van der Waals surface area (Å²) >= 11 is 0. The lowest BCUT2D eigenvalue weighted by atomic mass is 10.1. The van der Waals surface area contributed by atoms with Gasteiger partial charge in [-0.05, 0) is 12.1 Å². The van der Waals surface area contributed by atoms with Crippen LogP contribution >= 0.6 is 0 Å². The summed E-state index contributed by atoms with van der Waals surface area (Å²) in [4.78, 5) is 39.9. The summed E-state index contributed by atoms with van der Waals surface area (Å²) in [5.74, 6) is 0.107. The normalized spacial score (nSPS) is 13.3.